The van der Waals surface area contributed by atoms with Crippen LogP contribution in [0.25, 0.3) is 0 Å². The second kappa shape index (κ2) is 7.31. The molecule has 0 spiro atoms. The average Bonchev–Trinajstić information content (AvgIpc) is 2.97. The summed E-state index contributed by atoms with van der Waals surface area (Å²) in [4.78, 5) is 12.7. The Balaban J connectivity index is 0.00000208. The van der Waals surface area contributed by atoms with Gasteiger partial charge in [-0.1, -0.05) is 25.0 Å². The Hall–Kier alpha value is -1.27. The first-order chi connectivity index (χ1) is 10.9. The normalized spacial score (nSPS) is 26.4. The van der Waals surface area contributed by atoms with E-state index in [0.29, 0.717) is 18.0 Å². The van der Waals surface area contributed by atoms with Gasteiger partial charge in [-0.05, 0) is 43.0 Å². The van der Waals surface area contributed by atoms with E-state index in [1.807, 2.05) is 0 Å². The van der Waals surface area contributed by atoms with Crippen LogP contribution in [0.15, 0.2) is 24.3 Å². The first kappa shape index (κ1) is 19.1. The van der Waals surface area contributed by atoms with Crippen LogP contribution in [0, 0.1) is 11.3 Å². The molecule has 1 aromatic carbocycles. The maximum Gasteiger partial charge on any atom is 0.416 e. The molecule has 2 atom stereocenters. The molecule has 7 heteroatoms. The lowest BCUT2D eigenvalue weighted by atomic mass is 9.67. The summed E-state index contributed by atoms with van der Waals surface area (Å²) < 4.78 is 37.6. The molecule has 1 aromatic rings. The van der Waals surface area contributed by atoms with Crippen LogP contribution in [0.3, 0.4) is 0 Å². The average molecular weight is 363 g/mol. The van der Waals surface area contributed by atoms with E-state index in [2.05, 4.69) is 10.6 Å². The summed E-state index contributed by atoms with van der Waals surface area (Å²) in [6, 6.07) is 4.96. The molecule has 0 radical (unpaired) electrons. The van der Waals surface area contributed by atoms with Crippen LogP contribution in [0.4, 0.5) is 13.2 Å². The van der Waals surface area contributed by atoms with E-state index in [9.17, 15) is 18.0 Å². The Labute approximate surface area is 145 Å². The standard InChI is InChI=1S/C17H21F3N2O.ClH/c18-17(19,20)13-6-4-12(5-7-13)9-22-15(23)16-8-2-1-3-14(16)10-21-11-16;/h4-7,14,21H,1-3,8-11H2,(H,22,23);1H/t14-,16+;/m0./s1. The molecule has 0 bridgehead atoms. The number of hydrogen-bond donors (Lipinski definition) is 2. The van der Waals surface area contributed by atoms with Crippen LogP contribution >= 0.6 is 12.4 Å². The summed E-state index contributed by atoms with van der Waals surface area (Å²) in [7, 11) is 0. The monoisotopic (exact) mass is 362 g/mol. The third kappa shape index (κ3) is 3.70. The van der Waals surface area contributed by atoms with Crippen molar-refractivity contribution in [1.29, 1.82) is 0 Å². The van der Waals surface area contributed by atoms with Crippen LogP contribution in [0.2, 0.25) is 0 Å². The van der Waals surface area contributed by atoms with E-state index in [4.69, 9.17) is 0 Å². The fraction of sp³-hybridized carbons (Fsp3) is 0.588. The Kier molecular flexibility index (Phi) is 5.81. The van der Waals surface area contributed by atoms with Crippen molar-refractivity contribution in [3.63, 3.8) is 0 Å². The van der Waals surface area contributed by atoms with Gasteiger partial charge in [0, 0.05) is 13.1 Å². The van der Waals surface area contributed by atoms with Crippen LogP contribution in [0.5, 0.6) is 0 Å². The summed E-state index contributed by atoms with van der Waals surface area (Å²) in [5.41, 5.74) is -0.316. The Bertz CT molecular complexity index is 576. The second-order valence-corrected chi connectivity index (χ2v) is 6.61. The molecule has 1 saturated carbocycles. The van der Waals surface area contributed by atoms with Crippen molar-refractivity contribution < 1.29 is 18.0 Å². The molecule has 24 heavy (non-hydrogen) atoms. The fourth-order valence-electron chi connectivity index (χ4n) is 3.86. The molecule has 0 unspecified atom stereocenters. The highest BCUT2D eigenvalue weighted by Gasteiger charge is 2.49. The lowest BCUT2D eigenvalue weighted by Gasteiger charge is -2.37. The molecule has 3 nitrogen and oxygen atoms in total. The van der Waals surface area contributed by atoms with E-state index in [-0.39, 0.29) is 30.3 Å². The summed E-state index contributed by atoms with van der Waals surface area (Å²) >= 11 is 0. The van der Waals surface area contributed by atoms with Gasteiger partial charge in [0.05, 0.1) is 11.0 Å². The van der Waals surface area contributed by atoms with Crippen LogP contribution < -0.4 is 10.6 Å². The molecular weight excluding hydrogens is 341 g/mol. The molecule has 134 valence electrons. The third-order valence-corrected chi connectivity index (χ3v) is 5.22. The smallest absolute Gasteiger partial charge is 0.351 e. The van der Waals surface area contributed by atoms with Crippen LogP contribution in [0.1, 0.15) is 36.8 Å². The molecule has 0 aromatic heterocycles. The quantitative estimate of drug-likeness (QED) is 0.863. The SMILES string of the molecule is Cl.O=C(NCc1ccc(C(F)(F)F)cc1)[C@@]12CCCC[C@H]1CNC2. The zero-order valence-electron chi connectivity index (χ0n) is 13.3. The largest absolute Gasteiger partial charge is 0.416 e. The lowest BCUT2D eigenvalue weighted by Crippen LogP contribution is -2.47. The number of nitrogens with one attached hydrogen (secondary N) is 2. The van der Waals surface area contributed by atoms with Crippen molar-refractivity contribution in [3.8, 4) is 0 Å². The third-order valence-electron chi connectivity index (χ3n) is 5.22. The highest BCUT2D eigenvalue weighted by atomic mass is 35.5. The molecule has 2 fully saturated rings. The first-order valence-electron chi connectivity index (χ1n) is 8.07. The molecule has 1 heterocycles. The number of carbonyl (C=O) groups excluding carboxylic acids is 1. The number of rotatable bonds is 3. The molecular formula is C17H22ClF3N2O. The maximum atomic E-state index is 12.7. The lowest BCUT2D eigenvalue weighted by molar-refractivity contribution is -0.137. The van der Waals surface area contributed by atoms with E-state index < -0.39 is 11.7 Å². The second-order valence-electron chi connectivity index (χ2n) is 6.61. The minimum Gasteiger partial charge on any atom is -0.351 e. The Morgan fingerprint density at radius 2 is 1.96 bits per heavy atom. The highest BCUT2D eigenvalue weighted by molar-refractivity contribution is 5.85. The summed E-state index contributed by atoms with van der Waals surface area (Å²) in [5, 5.41) is 6.25. The van der Waals surface area contributed by atoms with Crippen LogP contribution in [-0.2, 0) is 17.5 Å². The van der Waals surface area contributed by atoms with Crippen LogP contribution in [-0.4, -0.2) is 19.0 Å². The number of hydrogen-bond acceptors (Lipinski definition) is 2. The zero-order chi connectivity index (χ0) is 16.5. The van der Waals surface area contributed by atoms with Crippen molar-refractivity contribution >= 4 is 18.3 Å². The zero-order valence-corrected chi connectivity index (χ0v) is 14.1. The van der Waals surface area contributed by atoms with Crippen molar-refractivity contribution in [1.82, 2.24) is 10.6 Å². The predicted octanol–water partition coefficient (Wildman–Crippen LogP) is 3.52. The fourth-order valence-corrected chi connectivity index (χ4v) is 3.86. The predicted molar refractivity (Wildman–Crippen MR) is 87.8 cm³/mol. The van der Waals surface area contributed by atoms with E-state index in [0.717, 1.165) is 37.9 Å². The number of carbonyl (C=O) groups is 1. The summed E-state index contributed by atoms with van der Waals surface area (Å²) in [5.74, 6) is 0.413. The van der Waals surface area contributed by atoms with Gasteiger partial charge >= 0.3 is 6.18 Å². The van der Waals surface area contributed by atoms with E-state index in [1.165, 1.54) is 18.6 Å². The van der Waals surface area contributed by atoms with Gasteiger partial charge in [-0.15, -0.1) is 12.4 Å². The first-order valence-corrected chi connectivity index (χ1v) is 8.07. The minimum atomic E-state index is -4.33. The molecule has 1 aliphatic carbocycles. The van der Waals surface area contributed by atoms with Gasteiger partial charge in [0.25, 0.3) is 0 Å². The van der Waals surface area contributed by atoms with Crippen molar-refractivity contribution in [3.05, 3.63) is 35.4 Å². The Morgan fingerprint density at radius 3 is 2.62 bits per heavy atom. The molecule has 2 aliphatic rings. The topological polar surface area (TPSA) is 41.1 Å². The minimum absolute atomic E-state index is 0. The van der Waals surface area contributed by atoms with Gasteiger partial charge in [0.15, 0.2) is 0 Å². The molecule has 1 amide bonds. The van der Waals surface area contributed by atoms with Crippen molar-refractivity contribution in [2.45, 2.75) is 38.4 Å². The molecule has 3 rings (SSSR count). The van der Waals surface area contributed by atoms with Crippen molar-refractivity contribution in [2.75, 3.05) is 13.1 Å². The highest BCUT2D eigenvalue weighted by Crippen LogP contribution is 2.43. The molecule has 1 aliphatic heterocycles. The van der Waals surface area contributed by atoms with Gasteiger partial charge in [0.2, 0.25) is 5.91 Å². The van der Waals surface area contributed by atoms with Gasteiger partial charge in [-0.3, -0.25) is 4.79 Å². The maximum absolute atomic E-state index is 12.7. The van der Waals surface area contributed by atoms with Gasteiger partial charge in [-0.25, -0.2) is 0 Å². The summed E-state index contributed by atoms with van der Waals surface area (Å²) in [6.45, 7) is 1.86. The van der Waals surface area contributed by atoms with E-state index in [1.54, 1.807) is 0 Å². The van der Waals surface area contributed by atoms with Gasteiger partial charge < -0.3 is 10.6 Å². The summed E-state index contributed by atoms with van der Waals surface area (Å²) in [6.07, 6.45) is -0.137. The number of fused-ring (bicyclic) bond motifs is 1. The Morgan fingerprint density at radius 1 is 1.25 bits per heavy atom. The molecule has 1 saturated heterocycles. The number of halogens is 4. The van der Waals surface area contributed by atoms with E-state index >= 15 is 0 Å². The number of amides is 1. The van der Waals surface area contributed by atoms with Crippen molar-refractivity contribution in [2.24, 2.45) is 11.3 Å². The number of alkyl halides is 3. The van der Waals surface area contributed by atoms with Gasteiger partial charge in [0.1, 0.15) is 0 Å². The number of benzene rings is 1. The molecule has 2 N–H and O–H groups in total. The van der Waals surface area contributed by atoms with Gasteiger partial charge in [-0.2, -0.15) is 13.2 Å².